The summed E-state index contributed by atoms with van der Waals surface area (Å²) >= 11 is 1.33. The third-order valence-corrected chi connectivity index (χ3v) is 7.41. The van der Waals surface area contributed by atoms with Crippen molar-refractivity contribution in [3.8, 4) is 0 Å². The van der Waals surface area contributed by atoms with E-state index in [4.69, 9.17) is 4.74 Å². The van der Waals surface area contributed by atoms with Crippen molar-refractivity contribution in [1.29, 1.82) is 0 Å². The van der Waals surface area contributed by atoms with Crippen LogP contribution >= 0.6 is 11.3 Å². The number of amides is 2. The summed E-state index contributed by atoms with van der Waals surface area (Å²) in [5.74, 6) is -0.110. The fraction of sp³-hybridized carbons (Fsp3) is 0.583. The summed E-state index contributed by atoms with van der Waals surface area (Å²) in [5, 5.41) is 8.69. The second kappa shape index (κ2) is 9.50. The summed E-state index contributed by atoms with van der Waals surface area (Å²) in [4.78, 5) is 29.4. The number of ether oxygens (including phenoxy) is 1. The molecule has 0 bridgehead atoms. The number of carbonyl (C=O) groups is 2. The number of alkyl halides is 3. The molecule has 4 rings (SSSR count). The number of rotatable bonds is 4. The molecule has 1 unspecified atom stereocenters. The van der Waals surface area contributed by atoms with E-state index in [0.717, 1.165) is 23.3 Å². The predicted octanol–water partition coefficient (Wildman–Crippen LogP) is 5.14. The van der Waals surface area contributed by atoms with Gasteiger partial charge in [0.25, 0.3) is 0 Å². The molecule has 4 N–H and O–H groups in total. The third kappa shape index (κ3) is 5.66. The smallest absolute Gasteiger partial charge is 0.431 e. The van der Waals surface area contributed by atoms with E-state index in [1.165, 1.54) is 11.3 Å². The number of aromatic amines is 1. The van der Waals surface area contributed by atoms with Crippen LogP contribution in [0.2, 0.25) is 0 Å². The Morgan fingerprint density at radius 2 is 1.91 bits per heavy atom. The van der Waals surface area contributed by atoms with Crippen molar-refractivity contribution in [2.45, 2.75) is 78.2 Å². The lowest BCUT2D eigenvalue weighted by Crippen LogP contribution is -2.31. The number of carbonyl (C=O) groups excluding carboxylic acids is 2. The van der Waals surface area contributed by atoms with E-state index in [9.17, 15) is 22.8 Å². The Kier molecular flexibility index (Phi) is 6.93. The average molecular weight is 513 g/mol. The van der Waals surface area contributed by atoms with Crippen LogP contribution in [0.1, 0.15) is 77.4 Å². The summed E-state index contributed by atoms with van der Waals surface area (Å²) in [6.45, 7) is 8.05. The van der Waals surface area contributed by atoms with E-state index < -0.39 is 29.5 Å². The molecule has 1 aliphatic heterocycles. The highest BCUT2D eigenvalue weighted by Crippen LogP contribution is 2.41. The second-order valence-electron chi connectivity index (χ2n) is 10.2. The maximum Gasteiger partial charge on any atom is 0.431 e. The minimum Gasteiger partial charge on any atom is -0.456 e. The fourth-order valence-corrected chi connectivity index (χ4v) is 5.89. The molecule has 0 fully saturated rings. The summed E-state index contributed by atoms with van der Waals surface area (Å²) in [6, 6.07) is -0.668. The van der Waals surface area contributed by atoms with E-state index in [1.54, 1.807) is 20.8 Å². The fourth-order valence-electron chi connectivity index (χ4n) is 4.66. The van der Waals surface area contributed by atoms with Crippen LogP contribution < -0.4 is 16.0 Å². The molecule has 3 heterocycles. The normalized spacial score (nSPS) is 18.0. The van der Waals surface area contributed by atoms with Gasteiger partial charge in [0.05, 0.1) is 5.56 Å². The van der Waals surface area contributed by atoms with Crippen LogP contribution in [0, 0.1) is 5.92 Å². The molecule has 2 aliphatic rings. The van der Waals surface area contributed by atoms with Gasteiger partial charge < -0.3 is 20.4 Å². The first-order valence-corrected chi connectivity index (χ1v) is 12.6. The zero-order valence-electron chi connectivity index (χ0n) is 20.3. The van der Waals surface area contributed by atoms with Crippen molar-refractivity contribution in [2.75, 3.05) is 11.9 Å². The minimum atomic E-state index is -4.56. The Balaban J connectivity index is 1.55. The van der Waals surface area contributed by atoms with E-state index in [-0.39, 0.29) is 12.1 Å². The number of nitrogens with one attached hydrogen (secondary N) is 4. The van der Waals surface area contributed by atoms with Gasteiger partial charge in [0.15, 0.2) is 0 Å². The van der Waals surface area contributed by atoms with Gasteiger partial charge in [-0.3, -0.25) is 5.32 Å². The van der Waals surface area contributed by atoms with Crippen LogP contribution in [0.15, 0.2) is 0 Å². The molecule has 7 nitrogen and oxygen atoms in total. The minimum absolute atomic E-state index is 0.0517. The lowest BCUT2D eigenvalue weighted by atomic mass is 9.88. The Morgan fingerprint density at radius 3 is 2.60 bits per heavy atom. The monoisotopic (exact) mass is 512 g/mol. The molecule has 0 aromatic carbocycles. The average Bonchev–Trinajstić information content (AvgIpc) is 3.28. The van der Waals surface area contributed by atoms with Crippen molar-refractivity contribution in [2.24, 2.45) is 5.92 Å². The van der Waals surface area contributed by atoms with Crippen molar-refractivity contribution in [1.82, 2.24) is 15.6 Å². The number of esters is 1. The summed E-state index contributed by atoms with van der Waals surface area (Å²) in [5.41, 5.74) is 0.839. The molecule has 11 heteroatoms. The zero-order chi connectivity index (χ0) is 25.5. The van der Waals surface area contributed by atoms with Crippen molar-refractivity contribution in [3.05, 3.63) is 38.5 Å². The molecule has 0 spiro atoms. The molecular weight excluding hydrogens is 481 g/mol. The van der Waals surface area contributed by atoms with Gasteiger partial charge in [-0.15, -0.1) is 11.3 Å². The lowest BCUT2D eigenvalue weighted by molar-refractivity contribution is -0.141. The summed E-state index contributed by atoms with van der Waals surface area (Å²) in [7, 11) is 0. The molecule has 1 aliphatic carbocycles. The van der Waals surface area contributed by atoms with Crippen LogP contribution in [0.5, 0.6) is 0 Å². The second-order valence-corrected chi connectivity index (χ2v) is 11.3. The molecule has 0 saturated carbocycles. The maximum absolute atomic E-state index is 13.6. The van der Waals surface area contributed by atoms with Crippen LogP contribution in [-0.2, 0) is 43.3 Å². The molecule has 192 valence electrons. The highest BCUT2D eigenvalue weighted by Gasteiger charge is 2.38. The molecule has 35 heavy (non-hydrogen) atoms. The summed E-state index contributed by atoms with van der Waals surface area (Å²) < 4.78 is 46.4. The van der Waals surface area contributed by atoms with Crippen LogP contribution in [0.25, 0.3) is 0 Å². The Morgan fingerprint density at radius 1 is 1.17 bits per heavy atom. The van der Waals surface area contributed by atoms with Gasteiger partial charge in [-0.25, -0.2) is 9.59 Å². The van der Waals surface area contributed by atoms with Crippen LogP contribution in [0.4, 0.5) is 23.0 Å². The first-order valence-electron chi connectivity index (χ1n) is 11.8. The standard InChI is InChI=1S/C24H31F3N4O3S/c1-12-5-6-17-14(9-12)18(21(32)34-23(2,3)4)20(35-17)31-22(33)29-10-15-13-7-8-28-11-16(13)30-19(15)24(25,26)27/h12,28,30H,5-11H2,1-4H3,(H2,29,31,33). The van der Waals surface area contributed by atoms with Crippen LogP contribution in [-0.4, -0.2) is 29.1 Å². The number of hydrogen-bond donors (Lipinski definition) is 4. The predicted molar refractivity (Wildman–Crippen MR) is 128 cm³/mol. The third-order valence-electron chi connectivity index (χ3n) is 6.21. The van der Waals surface area contributed by atoms with Crippen molar-refractivity contribution < 1.29 is 27.5 Å². The van der Waals surface area contributed by atoms with Crippen molar-refractivity contribution in [3.63, 3.8) is 0 Å². The van der Waals surface area contributed by atoms with Gasteiger partial charge in [-0.1, -0.05) is 6.92 Å². The molecular formula is C24H31F3N4O3S. The van der Waals surface area contributed by atoms with Gasteiger partial charge in [0.2, 0.25) is 0 Å². The highest BCUT2D eigenvalue weighted by molar-refractivity contribution is 7.17. The van der Waals surface area contributed by atoms with Crippen LogP contribution in [0.3, 0.4) is 0 Å². The molecule has 2 aromatic rings. The number of anilines is 1. The Bertz CT molecular complexity index is 1130. The number of halogens is 3. The number of urea groups is 1. The molecule has 1 atom stereocenters. The van der Waals surface area contributed by atoms with Gasteiger partial charge in [0, 0.05) is 29.2 Å². The van der Waals surface area contributed by atoms with E-state index in [2.05, 4.69) is 27.9 Å². The van der Waals surface area contributed by atoms with Gasteiger partial charge in [-0.05, 0) is 70.0 Å². The first kappa shape index (κ1) is 25.6. The molecule has 0 saturated heterocycles. The maximum atomic E-state index is 13.6. The number of fused-ring (bicyclic) bond motifs is 2. The Hall–Kier alpha value is -2.53. The SMILES string of the molecule is CC1CCc2sc(NC(=O)NCc3c(C(F)(F)F)[nH]c4c3CCNC4)c(C(=O)OC(C)(C)C)c2C1. The van der Waals surface area contributed by atoms with E-state index in [0.29, 0.717) is 53.7 Å². The number of hydrogen-bond acceptors (Lipinski definition) is 5. The van der Waals surface area contributed by atoms with Crippen molar-refractivity contribution >= 4 is 28.3 Å². The highest BCUT2D eigenvalue weighted by atomic mass is 32.1. The zero-order valence-corrected chi connectivity index (χ0v) is 21.1. The lowest BCUT2D eigenvalue weighted by Gasteiger charge is -2.22. The first-order chi connectivity index (χ1) is 16.3. The number of aryl methyl sites for hydroxylation is 1. The van der Waals surface area contributed by atoms with Gasteiger partial charge >= 0.3 is 18.2 Å². The number of thiophene rings is 1. The molecule has 0 radical (unpaired) electrons. The molecule has 2 aromatic heterocycles. The van der Waals surface area contributed by atoms with E-state index >= 15 is 0 Å². The quantitative estimate of drug-likeness (QED) is 0.427. The van der Waals surface area contributed by atoms with Gasteiger partial charge in [0.1, 0.15) is 16.3 Å². The topological polar surface area (TPSA) is 95.3 Å². The van der Waals surface area contributed by atoms with Gasteiger partial charge in [-0.2, -0.15) is 13.2 Å². The Labute approximate surface area is 206 Å². The number of H-pyrrole nitrogens is 1. The number of aromatic nitrogens is 1. The summed E-state index contributed by atoms with van der Waals surface area (Å²) in [6.07, 6.45) is -1.61. The van der Waals surface area contributed by atoms with E-state index in [1.807, 2.05) is 0 Å². The largest absolute Gasteiger partial charge is 0.456 e. The molecule has 2 amide bonds.